The number of piperidine rings is 1. The topological polar surface area (TPSA) is 46.6 Å². The highest BCUT2D eigenvalue weighted by atomic mass is 19.1. The van der Waals surface area contributed by atoms with Crippen LogP contribution in [0.2, 0.25) is 0 Å². The van der Waals surface area contributed by atoms with Crippen molar-refractivity contribution in [3.05, 3.63) is 11.4 Å². The van der Waals surface area contributed by atoms with Gasteiger partial charge in [-0.15, -0.1) is 0 Å². The van der Waals surface area contributed by atoms with Crippen molar-refractivity contribution in [2.24, 2.45) is 0 Å². The summed E-state index contributed by atoms with van der Waals surface area (Å²) in [6.45, 7) is 6.00. The van der Waals surface area contributed by atoms with E-state index in [4.69, 9.17) is 4.74 Å². The average Bonchev–Trinajstić information content (AvgIpc) is 2.26. The number of hydrogen-bond donors (Lipinski definition) is 0. The van der Waals surface area contributed by atoms with Gasteiger partial charge in [-0.05, 0) is 39.2 Å². The highest BCUT2D eigenvalue weighted by Crippen LogP contribution is 2.21. The van der Waals surface area contributed by atoms with Crippen LogP contribution in [0.3, 0.4) is 0 Å². The molecule has 0 unspecified atom stereocenters. The van der Waals surface area contributed by atoms with Crippen LogP contribution < -0.4 is 0 Å². The van der Waals surface area contributed by atoms with Crippen LogP contribution in [0.1, 0.15) is 33.6 Å². The molecular formula is C12H18FNO3. The second kappa shape index (κ2) is 5.29. The summed E-state index contributed by atoms with van der Waals surface area (Å²) < 4.78 is 18.3. The zero-order valence-corrected chi connectivity index (χ0v) is 10.5. The molecule has 1 aliphatic rings. The maximum Gasteiger partial charge on any atom is 0.410 e. The van der Waals surface area contributed by atoms with E-state index in [9.17, 15) is 14.0 Å². The van der Waals surface area contributed by atoms with Crippen molar-refractivity contribution < 1.29 is 18.7 Å². The molecule has 0 spiro atoms. The molecule has 1 amide bonds. The van der Waals surface area contributed by atoms with Gasteiger partial charge in [0.2, 0.25) is 0 Å². The summed E-state index contributed by atoms with van der Waals surface area (Å²) in [7, 11) is 0. The van der Waals surface area contributed by atoms with Gasteiger partial charge in [-0.25, -0.2) is 9.18 Å². The Hall–Kier alpha value is -1.39. The van der Waals surface area contributed by atoms with Gasteiger partial charge in [0, 0.05) is 13.1 Å². The van der Waals surface area contributed by atoms with Gasteiger partial charge >= 0.3 is 6.09 Å². The lowest BCUT2D eigenvalue weighted by atomic mass is 10.0. The largest absolute Gasteiger partial charge is 0.444 e. The highest BCUT2D eigenvalue weighted by molar-refractivity contribution is 5.73. The van der Waals surface area contributed by atoms with E-state index in [0.717, 1.165) is 0 Å². The molecule has 0 atom stereocenters. The molecule has 1 saturated heterocycles. The average molecular weight is 243 g/mol. The Morgan fingerprint density at radius 2 is 2.12 bits per heavy atom. The first-order valence-electron chi connectivity index (χ1n) is 5.64. The SMILES string of the molecule is CC(C)(C)OC(=O)N1CCC/C(=C(/F)C=O)C1. The van der Waals surface area contributed by atoms with E-state index in [1.807, 2.05) is 0 Å². The molecule has 0 saturated carbocycles. The number of likely N-dealkylation sites (tertiary alicyclic amines) is 1. The lowest BCUT2D eigenvalue weighted by Gasteiger charge is -2.31. The van der Waals surface area contributed by atoms with Crippen molar-refractivity contribution in [1.82, 2.24) is 4.90 Å². The number of rotatable bonds is 1. The molecule has 4 nitrogen and oxygen atoms in total. The molecule has 17 heavy (non-hydrogen) atoms. The molecule has 1 rings (SSSR count). The molecule has 0 N–H and O–H groups in total. The molecule has 96 valence electrons. The van der Waals surface area contributed by atoms with Crippen LogP contribution in [0, 0.1) is 0 Å². The Kier molecular flexibility index (Phi) is 4.26. The van der Waals surface area contributed by atoms with E-state index in [1.165, 1.54) is 4.90 Å². The minimum absolute atomic E-state index is 0.138. The first kappa shape index (κ1) is 13.7. The Balaban J connectivity index is 2.67. The molecule has 0 radical (unpaired) electrons. The number of nitrogens with zero attached hydrogens (tertiary/aromatic N) is 1. The number of aldehydes is 1. The Morgan fingerprint density at radius 1 is 1.47 bits per heavy atom. The van der Waals surface area contributed by atoms with Crippen LogP contribution in [-0.2, 0) is 9.53 Å². The van der Waals surface area contributed by atoms with Crippen molar-refractivity contribution >= 4 is 12.4 Å². The smallest absolute Gasteiger partial charge is 0.410 e. The number of carbonyl (C=O) groups is 2. The van der Waals surface area contributed by atoms with Gasteiger partial charge in [-0.1, -0.05) is 0 Å². The van der Waals surface area contributed by atoms with Crippen molar-refractivity contribution in [1.29, 1.82) is 0 Å². The fraction of sp³-hybridized carbons (Fsp3) is 0.667. The van der Waals surface area contributed by atoms with Crippen LogP contribution in [0.5, 0.6) is 0 Å². The number of carbonyl (C=O) groups excluding carboxylic acids is 2. The van der Waals surface area contributed by atoms with Gasteiger partial charge in [-0.2, -0.15) is 0 Å². The minimum Gasteiger partial charge on any atom is -0.444 e. The maximum absolute atomic E-state index is 13.1. The van der Waals surface area contributed by atoms with E-state index in [-0.39, 0.29) is 12.8 Å². The summed E-state index contributed by atoms with van der Waals surface area (Å²) in [4.78, 5) is 23.5. The molecule has 5 heteroatoms. The van der Waals surface area contributed by atoms with E-state index in [1.54, 1.807) is 20.8 Å². The number of hydrogen-bond acceptors (Lipinski definition) is 3. The van der Waals surface area contributed by atoms with E-state index >= 15 is 0 Å². The molecule has 1 fully saturated rings. The third-order valence-electron chi connectivity index (χ3n) is 2.38. The predicted molar refractivity (Wildman–Crippen MR) is 61.2 cm³/mol. The zero-order valence-electron chi connectivity index (χ0n) is 10.5. The first-order chi connectivity index (χ1) is 7.83. The number of ether oxygens (including phenoxy) is 1. The summed E-state index contributed by atoms with van der Waals surface area (Å²) >= 11 is 0. The van der Waals surface area contributed by atoms with Crippen molar-refractivity contribution in [2.75, 3.05) is 13.1 Å². The first-order valence-corrected chi connectivity index (χ1v) is 5.64. The van der Waals surface area contributed by atoms with Gasteiger partial charge in [0.15, 0.2) is 12.1 Å². The predicted octanol–water partition coefficient (Wildman–Crippen LogP) is 2.44. The monoisotopic (exact) mass is 243 g/mol. The lowest BCUT2D eigenvalue weighted by molar-refractivity contribution is -0.106. The van der Waals surface area contributed by atoms with Gasteiger partial charge in [0.1, 0.15) is 5.60 Å². The highest BCUT2D eigenvalue weighted by Gasteiger charge is 2.26. The summed E-state index contributed by atoms with van der Waals surface area (Å²) in [5, 5.41) is 0. The standard InChI is InChI=1S/C12H18FNO3/c1-12(2,3)17-11(16)14-6-4-5-9(7-14)10(13)8-15/h8H,4-7H2,1-3H3/b10-9-. The molecule has 1 aliphatic heterocycles. The van der Waals surface area contributed by atoms with E-state index < -0.39 is 17.5 Å². The quantitative estimate of drug-likeness (QED) is 0.525. The lowest BCUT2D eigenvalue weighted by Crippen LogP contribution is -2.40. The minimum atomic E-state index is -0.766. The van der Waals surface area contributed by atoms with Crippen LogP contribution in [0.25, 0.3) is 0 Å². The second-order valence-corrected chi connectivity index (χ2v) is 5.07. The fourth-order valence-corrected chi connectivity index (χ4v) is 1.63. The number of allylic oxidation sites excluding steroid dienone is 1. The van der Waals surface area contributed by atoms with E-state index in [0.29, 0.717) is 25.0 Å². The molecule has 0 bridgehead atoms. The number of halogens is 1. The summed E-state index contributed by atoms with van der Waals surface area (Å²) in [6.07, 6.45) is 0.890. The zero-order chi connectivity index (χ0) is 13.1. The Morgan fingerprint density at radius 3 is 2.65 bits per heavy atom. The summed E-state index contributed by atoms with van der Waals surface area (Å²) in [5.74, 6) is -0.766. The van der Waals surface area contributed by atoms with Crippen molar-refractivity contribution in [2.45, 2.75) is 39.2 Å². The number of amides is 1. The van der Waals surface area contributed by atoms with Gasteiger partial charge in [0.05, 0.1) is 0 Å². The van der Waals surface area contributed by atoms with Crippen LogP contribution in [0.15, 0.2) is 11.4 Å². The maximum atomic E-state index is 13.1. The van der Waals surface area contributed by atoms with Crippen molar-refractivity contribution in [3.63, 3.8) is 0 Å². The molecular weight excluding hydrogens is 225 g/mol. The fourth-order valence-electron chi connectivity index (χ4n) is 1.63. The van der Waals surface area contributed by atoms with Gasteiger partial charge < -0.3 is 9.64 Å². The van der Waals surface area contributed by atoms with Crippen molar-refractivity contribution in [3.8, 4) is 0 Å². The normalized spacial score (nSPS) is 19.9. The summed E-state index contributed by atoms with van der Waals surface area (Å²) in [5.41, 5.74) is -0.196. The third kappa shape index (κ3) is 4.17. The molecule has 1 heterocycles. The summed E-state index contributed by atoms with van der Waals surface area (Å²) in [6, 6.07) is 0. The molecule has 0 aromatic rings. The van der Waals surface area contributed by atoms with Crippen LogP contribution in [-0.4, -0.2) is 36.0 Å². The second-order valence-electron chi connectivity index (χ2n) is 5.07. The van der Waals surface area contributed by atoms with E-state index in [2.05, 4.69) is 0 Å². The molecule has 0 aliphatic carbocycles. The Labute approximate surface area is 100 Å². The Bertz CT molecular complexity index is 344. The van der Waals surface area contributed by atoms with Crippen LogP contribution in [0.4, 0.5) is 9.18 Å². The van der Waals surface area contributed by atoms with Gasteiger partial charge in [-0.3, -0.25) is 4.79 Å². The van der Waals surface area contributed by atoms with Crippen LogP contribution >= 0.6 is 0 Å². The van der Waals surface area contributed by atoms with Gasteiger partial charge in [0.25, 0.3) is 0 Å². The molecule has 0 aromatic heterocycles. The molecule has 0 aromatic carbocycles. The third-order valence-corrected chi connectivity index (χ3v) is 2.38.